The average molecular weight is 356 g/mol. The molecule has 0 bridgehead atoms. The van der Waals surface area contributed by atoms with E-state index in [-0.39, 0.29) is 41.4 Å². The summed E-state index contributed by atoms with van der Waals surface area (Å²) in [5.41, 5.74) is 5.79. The molecule has 6 nitrogen and oxygen atoms in total. The third-order valence-corrected chi connectivity index (χ3v) is 6.61. The Labute approximate surface area is 140 Å². The molecule has 1 aromatic rings. The van der Waals surface area contributed by atoms with Crippen LogP contribution in [0.3, 0.4) is 0 Å². The smallest absolute Gasteiger partial charge is 0.248 e. The van der Waals surface area contributed by atoms with Crippen molar-refractivity contribution in [2.45, 2.75) is 24.7 Å². The molecule has 0 spiro atoms. The van der Waals surface area contributed by atoms with Crippen LogP contribution in [0.1, 0.15) is 18.4 Å². The summed E-state index contributed by atoms with van der Waals surface area (Å²) < 4.78 is 22.7. The van der Waals surface area contributed by atoms with E-state index in [1.165, 1.54) is 11.8 Å². The zero-order valence-electron chi connectivity index (χ0n) is 12.9. The minimum atomic E-state index is -2.99. The number of nitrogens with one attached hydrogen (secondary N) is 2. The van der Waals surface area contributed by atoms with Gasteiger partial charge >= 0.3 is 0 Å². The molecule has 0 radical (unpaired) electrons. The van der Waals surface area contributed by atoms with Gasteiger partial charge in [0.05, 0.1) is 17.3 Å². The molecule has 126 valence electrons. The molecule has 0 aromatic heterocycles. The summed E-state index contributed by atoms with van der Waals surface area (Å²) in [5, 5.41) is 0. The van der Waals surface area contributed by atoms with Crippen LogP contribution in [0.15, 0.2) is 29.2 Å². The van der Waals surface area contributed by atoms with Gasteiger partial charge in [-0.05, 0) is 30.9 Å². The molecular weight excluding hydrogens is 336 g/mol. The minimum absolute atomic E-state index is 0.0531. The Morgan fingerprint density at radius 1 is 1.22 bits per heavy atom. The molecule has 1 fully saturated rings. The predicted molar refractivity (Wildman–Crippen MR) is 89.6 cm³/mol. The van der Waals surface area contributed by atoms with Gasteiger partial charge in [-0.25, -0.2) is 8.42 Å². The minimum Gasteiger partial charge on any atom is -0.273 e. The number of benzene rings is 1. The lowest BCUT2D eigenvalue weighted by Gasteiger charge is -2.10. The fraction of sp³-hybridized carbons (Fsp3) is 0.467. The molecule has 0 saturated carbocycles. The molecule has 2 amide bonds. The number of carbonyl (C=O) groups excluding carboxylic acids is 2. The van der Waals surface area contributed by atoms with Crippen LogP contribution in [-0.4, -0.2) is 37.5 Å². The lowest BCUT2D eigenvalue weighted by molar-refractivity contribution is -0.128. The van der Waals surface area contributed by atoms with E-state index < -0.39 is 9.84 Å². The van der Waals surface area contributed by atoms with Crippen molar-refractivity contribution < 1.29 is 18.0 Å². The fourth-order valence-electron chi connectivity index (χ4n) is 2.38. The van der Waals surface area contributed by atoms with E-state index in [1.807, 2.05) is 31.2 Å². The van der Waals surface area contributed by atoms with Crippen molar-refractivity contribution in [3.8, 4) is 0 Å². The first kappa shape index (κ1) is 17.8. The molecule has 2 rings (SSSR count). The highest BCUT2D eigenvalue weighted by atomic mass is 32.2. The topological polar surface area (TPSA) is 92.3 Å². The van der Waals surface area contributed by atoms with Crippen LogP contribution in [0.4, 0.5) is 0 Å². The Hall–Kier alpha value is -1.54. The molecule has 2 N–H and O–H groups in total. The lowest BCUT2D eigenvalue weighted by Crippen LogP contribution is -2.43. The van der Waals surface area contributed by atoms with Gasteiger partial charge in [-0.2, -0.15) is 0 Å². The van der Waals surface area contributed by atoms with Crippen LogP contribution in [-0.2, 0) is 19.4 Å². The number of aryl methyl sites for hydroxylation is 1. The quantitative estimate of drug-likeness (QED) is 0.608. The maximum absolute atomic E-state index is 11.7. The maximum Gasteiger partial charge on any atom is 0.248 e. The van der Waals surface area contributed by atoms with Crippen LogP contribution in [0.2, 0.25) is 0 Å². The number of hydrogen-bond acceptors (Lipinski definition) is 5. The van der Waals surface area contributed by atoms with Gasteiger partial charge < -0.3 is 0 Å². The summed E-state index contributed by atoms with van der Waals surface area (Å²) in [4.78, 5) is 24.5. The van der Waals surface area contributed by atoms with Crippen LogP contribution in [0, 0.1) is 12.8 Å². The van der Waals surface area contributed by atoms with E-state index in [9.17, 15) is 18.0 Å². The van der Waals surface area contributed by atoms with Gasteiger partial charge in [0.25, 0.3) is 0 Å². The first-order valence-corrected chi connectivity index (χ1v) is 10.1. The van der Waals surface area contributed by atoms with Gasteiger partial charge in [-0.15, -0.1) is 11.8 Å². The standard InChI is InChI=1S/C15H20N2O4S2/c1-11-4-2-3-5-13(11)22-9-15(19)17-16-14(18)8-12-6-7-23(20,21)10-12/h2-5,12H,6-10H2,1H3,(H,16,18)(H,17,19)/t12-/m1/s1. The predicted octanol–water partition coefficient (Wildman–Crippen LogP) is 1.06. The second kappa shape index (κ2) is 7.83. The molecule has 23 heavy (non-hydrogen) atoms. The van der Waals surface area contributed by atoms with E-state index in [0.717, 1.165) is 10.5 Å². The van der Waals surface area contributed by atoms with Crippen LogP contribution < -0.4 is 10.9 Å². The van der Waals surface area contributed by atoms with E-state index in [4.69, 9.17) is 0 Å². The Bertz CT molecular complexity index is 688. The monoisotopic (exact) mass is 356 g/mol. The summed E-state index contributed by atoms with van der Waals surface area (Å²) in [6, 6.07) is 7.75. The average Bonchev–Trinajstić information content (AvgIpc) is 2.83. The van der Waals surface area contributed by atoms with Crippen molar-refractivity contribution in [2.24, 2.45) is 5.92 Å². The van der Waals surface area contributed by atoms with Gasteiger partial charge in [0, 0.05) is 11.3 Å². The van der Waals surface area contributed by atoms with Crippen molar-refractivity contribution in [1.82, 2.24) is 10.9 Å². The molecule has 8 heteroatoms. The Balaban J connectivity index is 1.68. The van der Waals surface area contributed by atoms with Crippen LogP contribution >= 0.6 is 11.8 Å². The van der Waals surface area contributed by atoms with Crippen molar-refractivity contribution >= 4 is 33.4 Å². The van der Waals surface area contributed by atoms with E-state index >= 15 is 0 Å². The van der Waals surface area contributed by atoms with Gasteiger partial charge in [-0.1, -0.05) is 18.2 Å². The fourth-order valence-corrected chi connectivity index (χ4v) is 5.07. The van der Waals surface area contributed by atoms with Crippen molar-refractivity contribution in [2.75, 3.05) is 17.3 Å². The highest BCUT2D eigenvalue weighted by Crippen LogP contribution is 2.22. The zero-order chi connectivity index (χ0) is 16.9. The Morgan fingerprint density at radius 3 is 2.57 bits per heavy atom. The number of hydrazine groups is 1. The molecule has 1 heterocycles. The Morgan fingerprint density at radius 2 is 1.91 bits per heavy atom. The molecule has 0 aliphatic carbocycles. The normalized spacial score (nSPS) is 19.3. The first-order valence-electron chi connectivity index (χ1n) is 7.32. The second-order valence-electron chi connectivity index (χ2n) is 5.62. The number of sulfone groups is 1. The van der Waals surface area contributed by atoms with E-state index in [1.54, 1.807) is 0 Å². The van der Waals surface area contributed by atoms with E-state index in [0.29, 0.717) is 6.42 Å². The molecular formula is C15H20N2O4S2. The third-order valence-electron chi connectivity index (χ3n) is 3.59. The largest absolute Gasteiger partial charge is 0.273 e. The second-order valence-corrected chi connectivity index (χ2v) is 8.87. The summed E-state index contributed by atoms with van der Waals surface area (Å²) >= 11 is 1.40. The molecule has 1 atom stereocenters. The third kappa shape index (κ3) is 5.87. The van der Waals surface area contributed by atoms with Crippen molar-refractivity contribution in [1.29, 1.82) is 0 Å². The SMILES string of the molecule is Cc1ccccc1SCC(=O)NNC(=O)C[C@H]1CCS(=O)(=O)C1. The van der Waals surface area contributed by atoms with Gasteiger partial charge in [-0.3, -0.25) is 20.4 Å². The highest BCUT2D eigenvalue weighted by molar-refractivity contribution is 8.00. The van der Waals surface area contributed by atoms with Crippen molar-refractivity contribution in [3.05, 3.63) is 29.8 Å². The van der Waals surface area contributed by atoms with E-state index in [2.05, 4.69) is 10.9 Å². The molecule has 1 aliphatic heterocycles. The number of amides is 2. The number of carbonyl (C=O) groups is 2. The Kier molecular flexibility index (Phi) is 6.06. The highest BCUT2D eigenvalue weighted by Gasteiger charge is 2.29. The maximum atomic E-state index is 11.7. The number of rotatable bonds is 5. The van der Waals surface area contributed by atoms with Crippen molar-refractivity contribution in [3.63, 3.8) is 0 Å². The summed E-state index contributed by atoms with van der Waals surface area (Å²) in [6.07, 6.45) is 0.622. The zero-order valence-corrected chi connectivity index (χ0v) is 14.5. The molecule has 1 aliphatic rings. The summed E-state index contributed by atoms with van der Waals surface area (Å²) in [6.45, 7) is 1.97. The number of hydrogen-bond donors (Lipinski definition) is 2. The molecule has 0 unspecified atom stereocenters. The van der Waals surface area contributed by atoms with Gasteiger partial charge in [0.15, 0.2) is 9.84 Å². The molecule has 1 saturated heterocycles. The van der Waals surface area contributed by atoms with Gasteiger partial charge in [0.1, 0.15) is 0 Å². The summed E-state index contributed by atoms with van der Waals surface area (Å²) in [7, 11) is -2.99. The number of thioether (sulfide) groups is 1. The van der Waals surface area contributed by atoms with Crippen LogP contribution in [0.5, 0.6) is 0 Å². The van der Waals surface area contributed by atoms with Gasteiger partial charge in [0.2, 0.25) is 11.8 Å². The first-order chi connectivity index (χ1) is 10.9. The lowest BCUT2D eigenvalue weighted by atomic mass is 10.1. The van der Waals surface area contributed by atoms with Crippen LogP contribution in [0.25, 0.3) is 0 Å². The molecule has 1 aromatic carbocycles. The summed E-state index contributed by atoms with van der Waals surface area (Å²) in [5.74, 6) is -0.421.